The van der Waals surface area contributed by atoms with E-state index < -0.39 is 11.9 Å². The number of hydrogen-bond donors (Lipinski definition) is 1. The fourth-order valence-corrected chi connectivity index (χ4v) is 3.39. The van der Waals surface area contributed by atoms with Crippen molar-refractivity contribution < 1.29 is 31.8 Å². The summed E-state index contributed by atoms with van der Waals surface area (Å²) in [5, 5.41) is 9.23. The molecule has 1 aliphatic rings. The molecule has 1 aromatic carbocycles. The third-order valence-corrected chi connectivity index (χ3v) is 4.26. The Kier molecular flexibility index (Phi) is 4.71. The van der Waals surface area contributed by atoms with E-state index >= 15 is 0 Å². The number of carbonyl (C=O) groups excluding carboxylic acids is 1. The van der Waals surface area contributed by atoms with Crippen LogP contribution in [0.25, 0.3) is 0 Å². The van der Waals surface area contributed by atoms with Gasteiger partial charge >= 0.3 is 5.97 Å². The predicted octanol–water partition coefficient (Wildman–Crippen LogP) is 3.05. The van der Waals surface area contributed by atoms with Crippen molar-refractivity contribution in [1.29, 1.82) is 0 Å². The largest absolute Gasteiger partial charge is 0.481 e. The van der Waals surface area contributed by atoms with Crippen molar-refractivity contribution in [2.45, 2.75) is 18.9 Å². The molecule has 2 heterocycles. The standard InChI is InChI=1S/C15H12BrNO3.Cu/c16-11-8-12(14(18)9-4-2-1-3-5-9)17-7-6-10(13(11)17)15(19)20;/h1-5,8,10H,6-7H2,(H,19,20);. The molecule has 0 saturated carbocycles. The summed E-state index contributed by atoms with van der Waals surface area (Å²) in [5.74, 6) is -1.47. The van der Waals surface area contributed by atoms with Gasteiger partial charge in [-0.05, 0) is 28.4 Å². The van der Waals surface area contributed by atoms with Crippen LogP contribution in [0, 0.1) is 0 Å². The molecule has 0 bridgehead atoms. The van der Waals surface area contributed by atoms with Gasteiger partial charge in [0.2, 0.25) is 5.78 Å². The Morgan fingerprint density at radius 3 is 2.52 bits per heavy atom. The minimum absolute atomic E-state index is 0. The van der Waals surface area contributed by atoms with Gasteiger partial charge in [0.05, 0.1) is 11.6 Å². The minimum atomic E-state index is -0.846. The van der Waals surface area contributed by atoms with Crippen molar-refractivity contribution in [1.82, 2.24) is 4.57 Å². The monoisotopic (exact) mass is 396 g/mol. The fraction of sp³-hybridized carbons (Fsp3) is 0.200. The Morgan fingerprint density at radius 2 is 1.90 bits per heavy atom. The number of hydrogen-bond acceptors (Lipinski definition) is 2. The number of aliphatic carboxylic acids is 1. The average molecular weight is 398 g/mol. The second-order valence-corrected chi connectivity index (χ2v) is 5.64. The number of ketones is 1. The number of rotatable bonds is 3. The molecule has 1 N–H and O–H groups in total. The van der Waals surface area contributed by atoms with E-state index in [4.69, 9.17) is 0 Å². The minimum Gasteiger partial charge on any atom is -0.481 e. The average Bonchev–Trinajstić information content (AvgIpc) is 3.01. The molecule has 0 fully saturated rings. The van der Waals surface area contributed by atoms with Crippen LogP contribution in [0.5, 0.6) is 0 Å². The summed E-state index contributed by atoms with van der Waals surface area (Å²) in [4.78, 5) is 23.8. The zero-order valence-electron chi connectivity index (χ0n) is 10.8. The van der Waals surface area contributed by atoms with Crippen LogP contribution >= 0.6 is 15.9 Å². The molecule has 0 saturated heterocycles. The number of benzene rings is 1. The predicted molar refractivity (Wildman–Crippen MR) is 77.0 cm³/mol. The first kappa shape index (κ1) is 16.0. The molecule has 21 heavy (non-hydrogen) atoms. The molecule has 1 radical (unpaired) electrons. The van der Waals surface area contributed by atoms with Gasteiger partial charge in [-0.1, -0.05) is 30.3 Å². The summed E-state index contributed by atoms with van der Waals surface area (Å²) in [7, 11) is 0. The van der Waals surface area contributed by atoms with E-state index in [1.165, 1.54) is 0 Å². The molecule has 0 amide bonds. The quantitative estimate of drug-likeness (QED) is 0.640. The van der Waals surface area contributed by atoms with E-state index in [0.29, 0.717) is 34.4 Å². The van der Waals surface area contributed by atoms with Gasteiger partial charge in [0, 0.05) is 39.3 Å². The topological polar surface area (TPSA) is 59.3 Å². The van der Waals surface area contributed by atoms with Crippen molar-refractivity contribution >= 4 is 27.7 Å². The molecule has 1 unspecified atom stereocenters. The van der Waals surface area contributed by atoms with Gasteiger partial charge in [0.1, 0.15) is 0 Å². The number of aromatic nitrogens is 1. The van der Waals surface area contributed by atoms with E-state index in [9.17, 15) is 14.7 Å². The van der Waals surface area contributed by atoms with Crippen LogP contribution in [0.1, 0.15) is 34.1 Å². The number of carboxylic acids is 1. The molecular formula is C15H12BrCuNO3. The van der Waals surface area contributed by atoms with Crippen molar-refractivity contribution in [3.05, 3.63) is 57.8 Å². The van der Waals surface area contributed by atoms with Crippen LogP contribution in [0.4, 0.5) is 0 Å². The van der Waals surface area contributed by atoms with E-state index in [2.05, 4.69) is 15.9 Å². The summed E-state index contributed by atoms with van der Waals surface area (Å²) in [5.41, 5.74) is 1.85. The van der Waals surface area contributed by atoms with E-state index in [1.54, 1.807) is 18.2 Å². The zero-order chi connectivity index (χ0) is 14.3. The summed E-state index contributed by atoms with van der Waals surface area (Å²) in [6.45, 7) is 0.561. The summed E-state index contributed by atoms with van der Waals surface area (Å²) in [6.07, 6.45) is 0.527. The van der Waals surface area contributed by atoms with Crippen molar-refractivity contribution in [2.24, 2.45) is 0 Å². The second kappa shape index (κ2) is 6.18. The number of carbonyl (C=O) groups is 2. The van der Waals surface area contributed by atoms with Gasteiger partial charge in [-0.15, -0.1) is 0 Å². The molecule has 1 aliphatic heterocycles. The smallest absolute Gasteiger partial charge is 0.312 e. The molecule has 4 nitrogen and oxygen atoms in total. The normalized spacial score (nSPS) is 16.1. The van der Waals surface area contributed by atoms with Crippen LogP contribution in [-0.4, -0.2) is 21.4 Å². The van der Waals surface area contributed by atoms with Gasteiger partial charge in [-0.2, -0.15) is 0 Å². The van der Waals surface area contributed by atoms with Crippen LogP contribution in [-0.2, 0) is 28.4 Å². The third kappa shape index (κ3) is 2.71. The molecule has 0 spiro atoms. The van der Waals surface area contributed by atoms with Gasteiger partial charge in [0.25, 0.3) is 0 Å². The summed E-state index contributed by atoms with van der Waals surface area (Å²) < 4.78 is 2.51. The summed E-state index contributed by atoms with van der Waals surface area (Å²) in [6, 6.07) is 10.7. The molecule has 3 rings (SSSR count). The Morgan fingerprint density at radius 1 is 1.24 bits per heavy atom. The number of fused-ring (bicyclic) bond motifs is 1. The number of carboxylic acid groups (broad SMARTS) is 1. The zero-order valence-corrected chi connectivity index (χ0v) is 13.4. The molecule has 6 heteroatoms. The van der Waals surface area contributed by atoms with Crippen molar-refractivity contribution in [3.63, 3.8) is 0 Å². The summed E-state index contributed by atoms with van der Waals surface area (Å²) >= 11 is 3.38. The SMILES string of the molecule is O=C(c1ccccc1)c1cc(Br)c2n1CCC2C(=O)O.[Cu]. The van der Waals surface area contributed by atoms with Gasteiger partial charge in [0.15, 0.2) is 0 Å². The van der Waals surface area contributed by atoms with Crippen LogP contribution in [0.2, 0.25) is 0 Å². The van der Waals surface area contributed by atoms with Gasteiger partial charge in [-0.3, -0.25) is 9.59 Å². The Hall–Kier alpha value is -1.36. The van der Waals surface area contributed by atoms with Crippen LogP contribution in [0.15, 0.2) is 40.9 Å². The molecular weight excluding hydrogens is 386 g/mol. The van der Waals surface area contributed by atoms with Crippen molar-refractivity contribution in [3.8, 4) is 0 Å². The van der Waals surface area contributed by atoms with E-state index in [1.807, 2.05) is 22.8 Å². The third-order valence-electron chi connectivity index (χ3n) is 3.63. The second-order valence-electron chi connectivity index (χ2n) is 4.79. The molecule has 2 aromatic rings. The van der Waals surface area contributed by atoms with E-state index in [0.717, 1.165) is 0 Å². The Balaban J connectivity index is 0.00000161. The Bertz CT molecular complexity index is 696. The molecule has 0 aliphatic carbocycles. The number of halogens is 1. The number of nitrogens with zero attached hydrogens (tertiary/aromatic N) is 1. The van der Waals surface area contributed by atoms with Gasteiger partial charge < -0.3 is 9.67 Å². The van der Waals surface area contributed by atoms with Crippen LogP contribution < -0.4 is 0 Å². The molecule has 1 atom stereocenters. The van der Waals surface area contributed by atoms with Crippen LogP contribution in [0.3, 0.4) is 0 Å². The first-order valence-electron chi connectivity index (χ1n) is 6.31. The first-order chi connectivity index (χ1) is 9.59. The van der Waals surface area contributed by atoms with Crippen molar-refractivity contribution in [2.75, 3.05) is 0 Å². The maximum absolute atomic E-state index is 12.5. The first-order valence-corrected chi connectivity index (χ1v) is 7.10. The molecule has 1 aromatic heterocycles. The van der Waals surface area contributed by atoms with E-state index in [-0.39, 0.29) is 22.9 Å². The Labute approximate surface area is 140 Å². The fourth-order valence-electron chi connectivity index (χ4n) is 2.69. The maximum atomic E-state index is 12.5. The van der Waals surface area contributed by atoms with Gasteiger partial charge in [-0.25, -0.2) is 0 Å². The maximum Gasteiger partial charge on any atom is 0.312 e. The molecule has 113 valence electrons.